The number of aromatic nitrogens is 2. The molecule has 0 amide bonds. The molecule has 2 aromatic rings. The van der Waals surface area contributed by atoms with Crippen molar-refractivity contribution in [3.8, 4) is 0 Å². The molecule has 0 unspecified atom stereocenters. The number of nitrogens with zero attached hydrogens (tertiary/aromatic N) is 3. The summed E-state index contributed by atoms with van der Waals surface area (Å²) in [4.78, 5) is 2.46. The Morgan fingerprint density at radius 1 is 1.19 bits per heavy atom. The molecule has 1 heterocycles. The van der Waals surface area contributed by atoms with E-state index in [1.54, 1.807) is 0 Å². The van der Waals surface area contributed by atoms with E-state index in [2.05, 4.69) is 46.5 Å². The molecule has 3 rings (SSSR count). The van der Waals surface area contributed by atoms with Gasteiger partial charge < -0.3 is 15.5 Å². The van der Waals surface area contributed by atoms with Crippen molar-refractivity contribution in [2.24, 2.45) is 5.73 Å². The molecule has 0 spiro atoms. The number of nitrogens with two attached hydrogens (primary N) is 1. The number of benzene rings is 1. The van der Waals surface area contributed by atoms with Gasteiger partial charge >= 0.3 is 6.01 Å². The van der Waals surface area contributed by atoms with Crippen LogP contribution < -0.4 is 11.1 Å². The predicted molar refractivity (Wildman–Crippen MR) is 104 cm³/mol. The van der Waals surface area contributed by atoms with Crippen molar-refractivity contribution in [2.75, 3.05) is 25.5 Å². The van der Waals surface area contributed by atoms with Gasteiger partial charge in [0.15, 0.2) is 0 Å². The van der Waals surface area contributed by atoms with Gasteiger partial charge in [0.05, 0.1) is 6.04 Å². The lowest BCUT2D eigenvalue weighted by Gasteiger charge is -2.44. The van der Waals surface area contributed by atoms with Gasteiger partial charge in [0.2, 0.25) is 5.89 Å². The number of likely N-dealkylation sites (N-methyl/N-ethyl adjacent to an activating group) is 1. The quantitative estimate of drug-likeness (QED) is 0.754. The Kier molecular flexibility index (Phi) is 6.27. The van der Waals surface area contributed by atoms with Crippen LogP contribution in [0.1, 0.15) is 56.5 Å². The van der Waals surface area contributed by atoms with E-state index in [4.69, 9.17) is 10.2 Å². The SMILES string of the molecule is CCN(C)C1(CNc2nnc([C@H](N)Cc3ccccc3)o2)CCCCC1. The minimum absolute atomic E-state index is 0.174. The van der Waals surface area contributed by atoms with Gasteiger partial charge in [-0.3, -0.25) is 4.90 Å². The van der Waals surface area contributed by atoms with Gasteiger partial charge in [-0.25, -0.2) is 0 Å². The van der Waals surface area contributed by atoms with Crippen LogP contribution in [-0.4, -0.2) is 40.8 Å². The molecular formula is C20H31N5O. The number of rotatable bonds is 8. The van der Waals surface area contributed by atoms with E-state index in [0.717, 1.165) is 13.1 Å². The zero-order chi connectivity index (χ0) is 18.4. The van der Waals surface area contributed by atoms with Crippen molar-refractivity contribution in [3.63, 3.8) is 0 Å². The standard InChI is InChI=1S/C20H31N5O/c1-3-25(2)20(12-8-5-9-13-20)15-22-19-24-23-18(26-19)17(21)14-16-10-6-4-7-11-16/h4,6-7,10-11,17H,3,5,8-9,12-15,21H2,1-2H3,(H,22,24)/t17-/m1/s1. The third kappa shape index (κ3) is 4.43. The predicted octanol–water partition coefficient (Wildman–Crippen LogP) is 3.38. The van der Waals surface area contributed by atoms with E-state index in [0.29, 0.717) is 18.3 Å². The average Bonchev–Trinajstić information content (AvgIpc) is 3.16. The Labute approximate surface area is 156 Å². The largest absolute Gasteiger partial charge is 0.406 e. The fourth-order valence-electron chi connectivity index (χ4n) is 3.89. The monoisotopic (exact) mass is 357 g/mol. The smallest absolute Gasteiger partial charge is 0.315 e. The van der Waals surface area contributed by atoms with E-state index in [1.807, 2.05) is 18.2 Å². The van der Waals surface area contributed by atoms with Crippen LogP contribution in [0.25, 0.3) is 0 Å². The molecule has 1 fully saturated rings. The van der Waals surface area contributed by atoms with Gasteiger partial charge in [0, 0.05) is 12.1 Å². The average molecular weight is 358 g/mol. The Bertz CT molecular complexity index is 666. The van der Waals surface area contributed by atoms with Gasteiger partial charge in [0.1, 0.15) is 0 Å². The lowest BCUT2D eigenvalue weighted by molar-refractivity contribution is 0.0917. The summed E-state index contributed by atoms with van der Waals surface area (Å²) in [6, 6.07) is 10.3. The maximum absolute atomic E-state index is 6.24. The second-order valence-electron chi connectivity index (χ2n) is 7.39. The molecular weight excluding hydrogens is 326 g/mol. The van der Waals surface area contributed by atoms with Crippen molar-refractivity contribution < 1.29 is 4.42 Å². The van der Waals surface area contributed by atoms with Crippen LogP contribution in [0.3, 0.4) is 0 Å². The second kappa shape index (κ2) is 8.64. The van der Waals surface area contributed by atoms with Gasteiger partial charge in [-0.15, -0.1) is 5.10 Å². The third-order valence-electron chi connectivity index (χ3n) is 5.69. The summed E-state index contributed by atoms with van der Waals surface area (Å²) < 4.78 is 5.79. The fourth-order valence-corrected chi connectivity index (χ4v) is 3.89. The molecule has 1 aromatic carbocycles. The first-order valence-corrected chi connectivity index (χ1v) is 9.71. The molecule has 3 N–H and O–H groups in total. The topological polar surface area (TPSA) is 80.2 Å². The lowest BCUT2D eigenvalue weighted by atomic mass is 9.80. The Hall–Kier alpha value is -1.92. The number of nitrogens with one attached hydrogen (secondary N) is 1. The van der Waals surface area contributed by atoms with Crippen LogP contribution in [0, 0.1) is 0 Å². The molecule has 0 radical (unpaired) electrons. The fraction of sp³-hybridized carbons (Fsp3) is 0.600. The highest BCUT2D eigenvalue weighted by Gasteiger charge is 2.35. The van der Waals surface area contributed by atoms with Crippen molar-refractivity contribution in [1.82, 2.24) is 15.1 Å². The Morgan fingerprint density at radius 3 is 2.62 bits per heavy atom. The minimum atomic E-state index is -0.289. The van der Waals surface area contributed by atoms with E-state index >= 15 is 0 Å². The zero-order valence-corrected chi connectivity index (χ0v) is 15.9. The van der Waals surface area contributed by atoms with E-state index in [1.165, 1.54) is 37.7 Å². The molecule has 142 valence electrons. The molecule has 6 heteroatoms. The molecule has 1 atom stereocenters. The highest BCUT2D eigenvalue weighted by atomic mass is 16.4. The zero-order valence-electron chi connectivity index (χ0n) is 15.9. The molecule has 6 nitrogen and oxygen atoms in total. The molecule has 1 aliphatic carbocycles. The number of anilines is 1. The van der Waals surface area contributed by atoms with Gasteiger partial charge in [-0.05, 0) is 38.4 Å². The highest BCUT2D eigenvalue weighted by molar-refractivity contribution is 5.21. The van der Waals surface area contributed by atoms with Crippen molar-refractivity contribution in [3.05, 3.63) is 41.8 Å². The van der Waals surface area contributed by atoms with Crippen LogP contribution in [0.15, 0.2) is 34.7 Å². The highest BCUT2D eigenvalue weighted by Crippen LogP contribution is 2.33. The Morgan fingerprint density at radius 2 is 1.92 bits per heavy atom. The lowest BCUT2D eigenvalue weighted by Crippen LogP contribution is -2.52. The van der Waals surface area contributed by atoms with Crippen molar-refractivity contribution in [1.29, 1.82) is 0 Å². The maximum atomic E-state index is 6.24. The van der Waals surface area contributed by atoms with E-state index < -0.39 is 0 Å². The van der Waals surface area contributed by atoms with Crippen molar-refractivity contribution in [2.45, 2.75) is 57.0 Å². The first-order chi connectivity index (χ1) is 12.6. The maximum Gasteiger partial charge on any atom is 0.315 e. The summed E-state index contributed by atoms with van der Waals surface area (Å²) in [7, 11) is 2.21. The van der Waals surface area contributed by atoms with E-state index in [9.17, 15) is 0 Å². The minimum Gasteiger partial charge on any atom is -0.406 e. The van der Waals surface area contributed by atoms with Crippen molar-refractivity contribution >= 4 is 6.01 Å². The van der Waals surface area contributed by atoms with Gasteiger partial charge in [-0.2, -0.15) is 0 Å². The van der Waals surface area contributed by atoms with E-state index in [-0.39, 0.29) is 11.6 Å². The van der Waals surface area contributed by atoms with Crippen LogP contribution in [0.2, 0.25) is 0 Å². The number of hydrogen-bond acceptors (Lipinski definition) is 6. The first-order valence-electron chi connectivity index (χ1n) is 9.71. The summed E-state index contributed by atoms with van der Waals surface area (Å²) in [6.07, 6.45) is 6.99. The summed E-state index contributed by atoms with van der Waals surface area (Å²) in [5.74, 6) is 0.484. The summed E-state index contributed by atoms with van der Waals surface area (Å²) >= 11 is 0. The van der Waals surface area contributed by atoms with Crippen LogP contribution in [0.5, 0.6) is 0 Å². The third-order valence-corrected chi connectivity index (χ3v) is 5.69. The molecule has 0 bridgehead atoms. The summed E-state index contributed by atoms with van der Waals surface area (Å²) in [5.41, 5.74) is 7.58. The second-order valence-corrected chi connectivity index (χ2v) is 7.39. The molecule has 1 aromatic heterocycles. The van der Waals surface area contributed by atoms with Gasteiger partial charge in [0.25, 0.3) is 0 Å². The molecule has 26 heavy (non-hydrogen) atoms. The normalized spacial score (nSPS) is 18.0. The van der Waals surface area contributed by atoms with Gasteiger partial charge in [-0.1, -0.05) is 61.6 Å². The summed E-state index contributed by atoms with van der Waals surface area (Å²) in [5, 5.41) is 11.7. The molecule has 0 aliphatic heterocycles. The van der Waals surface area contributed by atoms with Crippen LogP contribution in [0.4, 0.5) is 6.01 Å². The first kappa shape index (κ1) is 18.9. The van der Waals surface area contributed by atoms with Crippen LogP contribution in [-0.2, 0) is 6.42 Å². The Balaban J connectivity index is 1.60. The number of hydrogen-bond donors (Lipinski definition) is 2. The molecule has 1 aliphatic rings. The molecule has 1 saturated carbocycles. The van der Waals surface area contributed by atoms with Crippen LogP contribution >= 0.6 is 0 Å². The molecule has 0 saturated heterocycles. The summed E-state index contributed by atoms with van der Waals surface area (Å²) in [6.45, 7) is 4.08.